The van der Waals surface area contributed by atoms with Crippen molar-refractivity contribution in [1.82, 2.24) is 10.6 Å². The quantitative estimate of drug-likeness (QED) is 0.467. The zero-order chi connectivity index (χ0) is 10.1. The Morgan fingerprint density at radius 2 is 2.23 bits per heavy atom. The first kappa shape index (κ1) is 12.3. The van der Waals surface area contributed by atoms with E-state index < -0.39 is 6.10 Å². The first-order chi connectivity index (χ1) is 6.20. The number of likely N-dealkylation sites (N-methyl/N-ethyl adjacent to an activating group) is 1. The maximum atomic E-state index is 10.9. The fraction of sp³-hybridized carbons (Fsp3) is 0.875. The number of rotatable bonds is 7. The summed E-state index contributed by atoms with van der Waals surface area (Å²) in [5.74, 6) is -0.210. The molecule has 0 aromatic rings. The molecule has 5 nitrogen and oxygen atoms in total. The lowest BCUT2D eigenvalue weighted by Gasteiger charge is -2.11. The first-order valence-corrected chi connectivity index (χ1v) is 4.35. The Hall–Kier alpha value is -0.650. The van der Waals surface area contributed by atoms with Crippen LogP contribution < -0.4 is 10.6 Å². The summed E-state index contributed by atoms with van der Waals surface area (Å²) >= 11 is 0. The number of amides is 1. The molecule has 0 unspecified atom stereocenters. The second-order valence-corrected chi connectivity index (χ2v) is 2.70. The molecular weight excluding hydrogens is 172 g/mol. The van der Waals surface area contributed by atoms with Gasteiger partial charge in [0, 0.05) is 20.2 Å². The van der Waals surface area contributed by atoms with E-state index in [2.05, 4.69) is 15.4 Å². The second-order valence-electron chi connectivity index (χ2n) is 2.70. The molecule has 5 heteroatoms. The summed E-state index contributed by atoms with van der Waals surface area (Å²) in [7, 11) is 1.45. The van der Waals surface area contributed by atoms with Crippen molar-refractivity contribution < 1.29 is 14.6 Å². The number of ether oxygens (including phenoxy) is 1. The lowest BCUT2D eigenvalue weighted by molar-refractivity contribution is -0.125. The van der Waals surface area contributed by atoms with Gasteiger partial charge in [0.05, 0.1) is 6.10 Å². The molecule has 0 aliphatic heterocycles. The van der Waals surface area contributed by atoms with Crippen LogP contribution in [0.3, 0.4) is 0 Å². The maximum Gasteiger partial charge on any atom is 0.246 e. The van der Waals surface area contributed by atoms with Gasteiger partial charge in [-0.3, -0.25) is 4.79 Å². The Bertz CT molecular complexity index is 141. The molecule has 0 bridgehead atoms. The molecule has 0 fully saturated rings. The second kappa shape index (κ2) is 7.97. The van der Waals surface area contributed by atoms with E-state index in [0.29, 0.717) is 6.54 Å². The lowest BCUT2D eigenvalue weighted by atomic mass is 10.3. The summed E-state index contributed by atoms with van der Waals surface area (Å²) in [6, 6.07) is 0. The molecule has 1 atom stereocenters. The monoisotopic (exact) mass is 190 g/mol. The van der Waals surface area contributed by atoms with E-state index >= 15 is 0 Å². The van der Waals surface area contributed by atoms with E-state index in [1.807, 2.05) is 6.92 Å². The summed E-state index contributed by atoms with van der Waals surface area (Å²) in [5.41, 5.74) is 0. The van der Waals surface area contributed by atoms with Gasteiger partial charge in [0.25, 0.3) is 0 Å². The van der Waals surface area contributed by atoms with Crippen molar-refractivity contribution in [3.63, 3.8) is 0 Å². The highest BCUT2D eigenvalue weighted by Crippen LogP contribution is 1.78. The van der Waals surface area contributed by atoms with E-state index in [0.717, 1.165) is 6.54 Å². The molecule has 78 valence electrons. The molecule has 0 heterocycles. The summed E-state index contributed by atoms with van der Waals surface area (Å²) in [5, 5.41) is 14.8. The van der Waals surface area contributed by atoms with Crippen LogP contribution in [-0.2, 0) is 9.53 Å². The van der Waals surface area contributed by atoms with Crippen LogP contribution in [0.1, 0.15) is 6.92 Å². The highest BCUT2D eigenvalue weighted by atomic mass is 16.5. The van der Waals surface area contributed by atoms with E-state index in [4.69, 9.17) is 0 Å². The average Bonchev–Trinajstić information content (AvgIpc) is 2.12. The molecule has 0 saturated carbocycles. The van der Waals surface area contributed by atoms with E-state index in [1.54, 1.807) is 0 Å². The Morgan fingerprint density at radius 1 is 1.54 bits per heavy atom. The van der Waals surface area contributed by atoms with Gasteiger partial charge in [-0.05, 0) is 6.54 Å². The number of aliphatic hydroxyl groups is 1. The summed E-state index contributed by atoms with van der Waals surface area (Å²) < 4.78 is 4.61. The molecule has 13 heavy (non-hydrogen) atoms. The molecule has 3 N–H and O–H groups in total. The number of nitrogens with one attached hydrogen (secondary N) is 2. The molecule has 0 rings (SSSR count). The molecule has 0 radical (unpaired) electrons. The largest absolute Gasteiger partial charge is 0.390 e. The van der Waals surface area contributed by atoms with Crippen LogP contribution in [0.15, 0.2) is 0 Å². The Balaban J connectivity index is 3.34. The topological polar surface area (TPSA) is 70.6 Å². The minimum atomic E-state index is -0.541. The van der Waals surface area contributed by atoms with E-state index in [-0.39, 0.29) is 19.1 Å². The Labute approximate surface area is 78.5 Å². The van der Waals surface area contributed by atoms with Crippen LogP contribution in [0.4, 0.5) is 0 Å². The minimum absolute atomic E-state index is 0.0356. The third-order valence-electron chi connectivity index (χ3n) is 1.44. The molecular formula is C8H18N2O3. The zero-order valence-corrected chi connectivity index (χ0v) is 8.17. The van der Waals surface area contributed by atoms with Gasteiger partial charge in [-0.1, -0.05) is 6.92 Å². The van der Waals surface area contributed by atoms with Crippen LogP contribution in [0.25, 0.3) is 0 Å². The normalized spacial score (nSPS) is 12.5. The van der Waals surface area contributed by atoms with Gasteiger partial charge in [-0.2, -0.15) is 0 Å². The highest BCUT2D eigenvalue weighted by molar-refractivity contribution is 5.77. The van der Waals surface area contributed by atoms with Crippen LogP contribution in [0, 0.1) is 0 Å². The van der Waals surface area contributed by atoms with Gasteiger partial charge in [0.2, 0.25) is 5.91 Å². The van der Waals surface area contributed by atoms with Gasteiger partial charge in [-0.15, -0.1) is 0 Å². The smallest absolute Gasteiger partial charge is 0.246 e. The fourth-order valence-corrected chi connectivity index (χ4v) is 0.797. The van der Waals surface area contributed by atoms with Gasteiger partial charge < -0.3 is 20.5 Å². The van der Waals surface area contributed by atoms with Gasteiger partial charge in [0.15, 0.2) is 0 Å². The molecule has 0 aliphatic rings. The van der Waals surface area contributed by atoms with Crippen LogP contribution in [0.2, 0.25) is 0 Å². The third-order valence-corrected chi connectivity index (χ3v) is 1.44. The van der Waals surface area contributed by atoms with Crippen LogP contribution in [-0.4, -0.2) is 50.5 Å². The predicted molar refractivity (Wildman–Crippen MR) is 49.4 cm³/mol. The Kier molecular flexibility index (Phi) is 7.57. The maximum absolute atomic E-state index is 10.9. The standard InChI is InChI=1S/C8H18N2O3/c1-3-9-4-7(11)5-10-8(12)6-13-2/h7,9,11H,3-6H2,1-2H3,(H,10,12)/t7-/m0/s1. The van der Waals surface area contributed by atoms with Crippen molar-refractivity contribution in [2.45, 2.75) is 13.0 Å². The van der Waals surface area contributed by atoms with Crippen molar-refractivity contribution in [3.05, 3.63) is 0 Å². The van der Waals surface area contributed by atoms with Gasteiger partial charge >= 0.3 is 0 Å². The van der Waals surface area contributed by atoms with Crippen molar-refractivity contribution >= 4 is 5.91 Å². The van der Waals surface area contributed by atoms with Crippen LogP contribution >= 0.6 is 0 Å². The van der Waals surface area contributed by atoms with Crippen molar-refractivity contribution in [3.8, 4) is 0 Å². The predicted octanol–water partition coefficient (Wildman–Crippen LogP) is -1.28. The zero-order valence-electron chi connectivity index (χ0n) is 8.17. The molecule has 0 aromatic carbocycles. The summed E-state index contributed by atoms with van der Waals surface area (Å²) in [6.07, 6.45) is -0.541. The number of carbonyl (C=O) groups is 1. The number of hydrogen-bond donors (Lipinski definition) is 3. The molecule has 0 aliphatic carbocycles. The number of carbonyl (C=O) groups excluding carboxylic acids is 1. The van der Waals surface area contributed by atoms with Crippen molar-refractivity contribution in [1.29, 1.82) is 0 Å². The van der Waals surface area contributed by atoms with E-state index in [9.17, 15) is 9.90 Å². The molecule has 0 saturated heterocycles. The molecule has 0 aromatic heterocycles. The minimum Gasteiger partial charge on any atom is -0.390 e. The molecule has 0 spiro atoms. The van der Waals surface area contributed by atoms with Crippen molar-refractivity contribution in [2.24, 2.45) is 0 Å². The fourth-order valence-electron chi connectivity index (χ4n) is 0.797. The number of hydrogen-bond acceptors (Lipinski definition) is 4. The van der Waals surface area contributed by atoms with Gasteiger partial charge in [-0.25, -0.2) is 0 Å². The van der Waals surface area contributed by atoms with Crippen LogP contribution in [0.5, 0.6) is 0 Å². The average molecular weight is 190 g/mol. The Morgan fingerprint density at radius 3 is 2.77 bits per heavy atom. The third kappa shape index (κ3) is 7.70. The SMILES string of the molecule is CCNC[C@H](O)CNC(=O)COC. The first-order valence-electron chi connectivity index (χ1n) is 4.35. The highest BCUT2D eigenvalue weighted by Gasteiger charge is 2.05. The summed E-state index contributed by atoms with van der Waals surface area (Å²) in [4.78, 5) is 10.9. The van der Waals surface area contributed by atoms with Crippen molar-refractivity contribution in [2.75, 3.05) is 33.4 Å². The van der Waals surface area contributed by atoms with Gasteiger partial charge in [0.1, 0.15) is 6.61 Å². The lowest BCUT2D eigenvalue weighted by Crippen LogP contribution is -2.39. The van der Waals surface area contributed by atoms with E-state index in [1.165, 1.54) is 7.11 Å². The summed E-state index contributed by atoms with van der Waals surface area (Å²) in [6.45, 7) is 3.55. The number of aliphatic hydroxyl groups excluding tert-OH is 1. The molecule has 1 amide bonds. The number of methoxy groups -OCH3 is 1.